The van der Waals surface area contributed by atoms with E-state index >= 15 is 0 Å². The van der Waals surface area contributed by atoms with Crippen molar-refractivity contribution in [3.05, 3.63) is 54.3 Å². The Morgan fingerprint density at radius 2 is 1.86 bits per heavy atom. The van der Waals surface area contributed by atoms with E-state index in [2.05, 4.69) is 34.1 Å². The number of anilines is 2. The van der Waals surface area contributed by atoms with E-state index in [4.69, 9.17) is 17.0 Å². The highest BCUT2D eigenvalue weighted by molar-refractivity contribution is 7.81. The van der Waals surface area contributed by atoms with E-state index < -0.39 is 17.1 Å². The van der Waals surface area contributed by atoms with Crippen LogP contribution in [0.3, 0.4) is 0 Å². The molecule has 0 radical (unpaired) electrons. The maximum absolute atomic E-state index is 13.1. The van der Waals surface area contributed by atoms with E-state index in [-0.39, 0.29) is 23.7 Å². The van der Waals surface area contributed by atoms with Crippen molar-refractivity contribution in [3.8, 4) is 5.75 Å². The van der Waals surface area contributed by atoms with Crippen LogP contribution in [0.2, 0.25) is 0 Å². The molecule has 0 fully saturated rings. The quantitative estimate of drug-likeness (QED) is 0.143. The van der Waals surface area contributed by atoms with E-state index in [1.165, 1.54) is 18.2 Å². The molecular weight excluding hydrogens is 415 g/mol. The Morgan fingerprint density at radius 3 is 2.52 bits per heavy atom. The smallest absolute Gasteiger partial charge is 0.245 e. The first-order valence-corrected chi connectivity index (χ1v) is 9.50. The average molecular weight is 437 g/mol. The minimum absolute atomic E-state index is 0.0501. The van der Waals surface area contributed by atoms with Crippen molar-refractivity contribution in [2.24, 2.45) is 0 Å². The van der Waals surface area contributed by atoms with Gasteiger partial charge in [-0.15, -0.1) is 0 Å². The molecule has 2 aromatic carbocycles. The number of Topliss-reactive ketones (excluding diaryl/α,β-unsaturated/α-hetero) is 1. The van der Waals surface area contributed by atoms with E-state index in [1.54, 1.807) is 37.4 Å². The third-order valence-corrected chi connectivity index (χ3v) is 4.12. The molecule has 2 rings (SSSR count). The second-order valence-corrected chi connectivity index (χ2v) is 6.98. The van der Waals surface area contributed by atoms with Gasteiger partial charge in [0.15, 0.2) is 5.11 Å². The molecule has 7 nitrogen and oxygen atoms in total. The van der Waals surface area contributed by atoms with Gasteiger partial charge in [0.25, 0.3) is 0 Å². The molecule has 0 spiro atoms. The number of ketones is 1. The summed E-state index contributed by atoms with van der Waals surface area (Å²) in [6.45, 7) is 0. The van der Waals surface area contributed by atoms with Gasteiger partial charge in [-0.2, -0.15) is 12.6 Å². The van der Waals surface area contributed by atoms with Gasteiger partial charge in [0, 0.05) is 17.8 Å². The van der Waals surface area contributed by atoms with Gasteiger partial charge in [0.2, 0.25) is 5.91 Å². The number of amides is 1. The number of thiocarbonyl (C=S) groups is 1. The lowest BCUT2D eigenvalue weighted by molar-refractivity contribution is -0.128. The van der Waals surface area contributed by atoms with Gasteiger partial charge < -0.3 is 15.4 Å². The third kappa shape index (κ3) is 8.36. The van der Waals surface area contributed by atoms with Gasteiger partial charge in [0.1, 0.15) is 17.3 Å². The van der Waals surface area contributed by atoms with Crippen LogP contribution < -0.4 is 26.2 Å². The molecule has 1 atom stereocenters. The SMILES string of the molecule is COc1ccc(NC(S)CC(=O)CC(=O)NNC(=S)Nc2cccc(F)c2)cc1. The van der Waals surface area contributed by atoms with Gasteiger partial charge in [-0.1, -0.05) is 6.07 Å². The molecule has 154 valence electrons. The molecule has 10 heteroatoms. The number of nitrogens with one attached hydrogen (secondary N) is 4. The average Bonchev–Trinajstić information content (AvgIpc) is 2.66. The summed E-state index contributed by atoms with van der Waals surface area (Å²) in [5.74, 6) is -0.550. The maximum Gasteiger partial charge on any atom is 0.245 e. The Morgan fingerprint density at radius 1 is 1.14 bits per heavy atom. The van der Waals surface area contributed by atoms with Crippen LogP contribution in [0.25, 0.3) is 0 Å². The lowest BCUT2D eigenvalue weighted by atomic mass is 10.2. The molecular formula is C19H21FN4O3S2. The number of carbonyl (C=O) groups is 2. The minimum atomic E-state index is -0.552. The number of benzene rings is 2. The molecule has 0 aromatic heterocycles. The summed E-state index contributed by atoms with van der Waals surface area (Å²) in [5.41, 5.74) is 5.98. The first kappa shape index (κ1) is 22.4. The third-order valence-electron chi connectivity index (χ3n) is 3.60. The van der Waals surface area contributed by atoms with Crippen molar-refractivity contribution < 1.29 is 18.7 Å². The summed E-state index contributed by atoms with van der Waals surface area (Å²) in [7, 11) is 1.58. The molecule has 0 heterocycles. The summed E-state index contributed by atoms with van der Waals surface area (Å²) < 4.78 is 18.2. The molecule has 1 unspecified atom stereocenters. The van der Waals surface area contributed by atoms with Gasteiger partial charge in [-0.25, -0.2) is 4.39 Å². The Bertz CT molecular complexity index is 865. The monoisotopic (exact) mass is 436 g/mol. The molecule has 0 saturated heterocycles. The van der Waals surface area contributed by atoms with Gasteiger partial charge in [-0.3, -0.25) is 20.4 Å². The first-order valence-electron chi connectivity index (χ1n) is 8.57. The highest BCUT2D eigenvalue weighted by Gasteiger charge is 2.14. The van der Waals surface area contributed by atoms with E-state index in [1.807, 2.05) is 0 Å². The van der Waals surface area contributed by atoms with Crippen LogP contribution in [0, 0.1) is 5.82 Å². The Hall–Kier alpha value is -2.85. The van der Waals surface area contributed by atoms with Crippen molar-refractivity contribution in [2.45, 2.75) is 18.2 Å². The van der Waals surface area contributed by atoms with E-state index in [0.29, 0.717) is 5.69 Å². The Kier molecular flexibility index (Phi) is 8.68. The summed E-state index contributed by atoms with van der Waals surface area (Å²) in [6, 6.07) is 12.9. The fraction of sp³-hybridized carbons (Fsp3) is 0.211. The number of hydrogen-bond donors (Lipinski definition) is 5. The fourth-order valence-electron chi connectivity index (χ4n) is 2.30. The molecule has 0 saturated carbocycles. The standard InChI is InChI=1S/C19H21FN4O3S2/c1-27-16-7-5-13(6-8-16)21-18(28)11-15(25)10-17(26)23-24-19(29)22-14-4-2-3-12(20)9-14/h2-9,18,21,28H,10-11H2,1H3,(H,23,26)(H2,22,24,29). The van der Waals surface area contributed by atoms with Crippen LogP contribution in [0.5, 0.6) is 5.75 Å². The number of rotatable bonds is 8. The molecule has 0 aliphatic carbocycles. The molecule has 2 aromatic rings. The number of hydrogen-bond acceptors (Lipinski definition) is 6. The van der Waals surface area contributed by atoms with Gasteiger partial charge >= 0.3 is 0 Å². The number of halogens is 1. The molecule has 4 N–H and O–H groups in total. The van der Waals surface area contributed by atoms with E-state index in [9.17, 15) is 14.0 Å². The lowest BCUT2D eigenvalue weighted by Gasteiger charge is -2.14. The summed E-state index contributed by atoms with van der Waals surface area (Å²) in [4.78, 5) is 23.9. The number of methoxy groups -OCH3 is 1. The highest BCUT2D eigenvalue weighted by atomic mass is 32.1. The topological polar surface area (TPSA) is 91.5 Å². The largest absolute Gasteiger partial charge is 0.497 e. The van der Waals surface area contributed by atoms with Crippen LogP contribution in [0.15, 0.2) is 48.5 Å². The highest BCUT2D eigenvalue weighted by Crippen LogP contribution is 2.17. The predicted octanol–water partition coefficient (Wildman–Crippen LogP) is 2.87. The Balaban J connectivity index is 1.69. The molecule has 0 aliphatic rings. The van der Waals surface area contributed by atoms with Crippen molar-refractivity contribution in [3.63, 3.8) is 0 Å². The van der Waals surface area contributed by atoms with Crippen molar-refractivity contribution in [2.75, 3.05) is 17.7 Å². The van der Waals surface area contributed by atoms with Crippen LogP contribution in [0.4, 0.5) is 15.8 Å². The van der Waals surface area contributed by atoms with Crippen LogP contribution in [-0.2, 0) is 9.59 Å². The van der Waals surface area contributed by atoms with Crippen LogP contribution >= 0.6 is 24.8 Å². The molecule has 0 aliphatic heterocycles. The lowest BCUT2D eigenvalue weighted by Crippen LogP contribution is -2.44. The van der Waals surface area contributed by atoms with Crippen LogP contribution in [0.1, 0.15) is 12.8 Å². The second kappa shape index (κ2) is 11.2. The number of ether oxygens (including phenoxy) is 1. The maximum atomic E-state index is 13.1. The zero-order valence-corrected chi connectivity index (χ0v) is 17.3. The molecule has 0 bridgehead atoms. The van der Waals surface area contributed by atoms with Crippen LogP contribution in [-0.4, -0.2) is 29.3 Å². The van der Waals surface area contributed by atoms with E-state index in [0.717, 1.165) is 11.4 Å². The first-order chi connectivity index (χ1) is 13.9. The zero-order chi connectivity index (χ0) is 21.2. The zero-order valence-electron chi connectivity index (χ0n) is 15.6. The summed E-state index contributed by atoms with van der Waals surface area (Å²) in [6.07, 6.45) is -0.286. The minimum Gasteiger partial charge on any atom is -0.497 e. The molecule has 1 amide bonds. The van der Waals surface area contributed by atoms with Crippen molar-refractivity contribution >= 4 is 53.0 Å². The van der Waals surface area contributed by atoms with Crippen molar-refractivity contribution in [1.82, 2.24) is 10.9 Å². The van der Waals surface area contributed by atoms with Gasteiger partial charge in [-0.05, 0) is 54.7 Å². The Labute approximate surface area is 178 Å². The molecule has 29 heavy (non-hydrogen) atoms. The summed E-state index contributed by atoms with van der Waals surface area (Å²) >= 11 is 9.33. The fourth-order valence-corrected chi connectivity index (χ4v) is 2.82. The number of hydrazine groups is 1. The normalized spacial score (nSPS) is 11.1. The van der Waals surface area contributed by atoms with Crippen molar-refractivity contribution in [1.29, 1.82) is 0 Å². The van der Waals surface area contributed by atoms with Gasteiger partial charge in [0.05, 0.1) is 18.9 Å². The number of thiol groups is 1. The predicted molar refractivity (Wildman–Crippen MR) is 118 cm³/mol. The second-order valence-electron chi connectivity index (χ2n) is 5.95. The number of carbonyl (C=O) groups excluding carboxylic acids is 2. The summed E-state index contributed by atoms with van der Waals surface area (Å²) in [5, 5.41) is 5.38.